The Balaban J connectivity index is 1.32. The van der Waals surface area contributed by atoms with Gasteiger partial charge in [0.2, 0.25) is 0 Å². The highest BCUT2D eigenvalue weighted by Crippen LogP contribution is 2.33. The van der Waals surface area contributed by atoms with Crippen LogP contribution in [0.4, 0.5) is 5.82 Å². The number of rotatable bonds is 11. The molecule has 4 atom stereocenters. The average Bonchev–Trinajstić information content (AvgIpc) is 3.58. The smallest absolute Gasteiger partial charge is 0.168 e. The monoisotopic (exact) mass is 583 g/mol. The number of imidazole rings is 1. The molecular formula is C32H33N5O4S. The third-order valence-electron chi connectivity index (χ3n) is 7.48. The Morgan fingerprint density at radius 3 is 2.10 bits per heavy atom. The summed E-state index contributed by atoms with van der Waals surface area (Å²) in [5, 5.41) is 34.3. The fourth-order valence-corrected chi connectivity index (χ4v) is 6.12. The zero-order chi connectivity index (χ0) is 28.9. The number of anilines is 1. The van der Waals surface area contributed by atoms with Crippen LogP contribution in [0.5, 0.6) is 0 Å². The van der Waals surface area contributed by atoms with Gasteiger partial charge in [0.15, 0.2) is 23.2 Å². The van der Waals surface area contributed by atoms with E-state index in [9.17, 15) is 15.3 Å². The molecule has 1 aliphatic rings. The van der Waals surface area contributed by atoms with E-state index in [1.165, 1.54) is 23.0 Å². The molecule has 1 unspecified atom stereocenters. The summed E-state index contributed by atoms with van der Waals surface area (Å²) in [5.41, 5.74) is 4.58. The van der Waals surface area contributed by atoms with Crippen molar-refractivity contribution < 1.29 is 20.1 Å². The van der Waals surface area contributed by atoms with Gasteiger partial charge in [0.05, 0.1) is 18.7 Å². The molecule has 3 aromatic carbocycles. The topological polar surface area (TPSA) is 126 Å². The van der Waals surface area contributed by atoms with E-state index in [2.05, 4.69) is 46.7 Å². The van der Waals surface area contributed by atoms with Crippen LogP contribution in [0, 0.1) is 0 Å². The van der Waals surface area contributed by atoms with Gasteiger partial charge in [0.25, 0.3) is 0 Å². The van der Waals surface area contributed by atoms with Crippen LogP contribution in [-0.4, -0.2) is 66.3 Å². The molecule has 3 heterocycles. The molecule has 0 spiro atoms. The third kappa shape index (κ3) is 6.04. The number of ether oxygens (including phenoxy) is 1. The molecule has 2 aromatic heterocycles. The van der Waals surface area contributed by atoms with Crippen LogP contribution >= 0.6 is 11.8 Å². The number of fused-ring (bicyclic) bond motifs is 1. The van der Waals surface area contributed by atoms with Gasteiger partial charge in [0, 0.05) is 18.2 Å². The maximum absolute atomic E-state index is 10.7. The number of aliphatic hydroxyl groups is 3. The predicted octanol–water partition coefficient (Wildman–Crippen LogP) is 4.12. The summed E-state index contributed by atoms with van der Waals surface area (Å²) in [4.78, 5) is 14.3. The van der Waals surface area contributed by atoms with E-state index in [1.54, 1.807) is 16.3 Å². The largest absolute Gasteiger partial charge is 0.394 e. The van der Waals surface area contributed by atoms with E-state index in [0.29, 0.717) is 35.1 Å². The standard InChI is InChI=1S/C32H33N5O4S/c38-17-25-28(39)29(40)32(41-25)37-20-34-27-30(35-26(36-31(27)37)19-42-18-21-10-4-1-5-11-21)33-16-24(22-12-6-2-7-13-22)23-14-8-3-9-15-23/h1-15,20,24-25,28-29,32,38-40H,16-19H2,(H,33,35,36)/t25?,28-,29-,32-/m1/s1. The molecule has 6 rings (SSSR count). The summed E-state index contributed by atoms with van der Waals surface area (Å²) >= 11 is 1.70. The minimum atomic E-state index is -1.25. The molecule has 4 N–H and O–H groups in total. The Morgan fingerprint density at radius 1 is 0.833 bits per heavy atom. The molecule has 1 fully saturated rings. The van der Waals surface area contributed by atoms with Crippen molar-refractivity contribution in [2.24, 2.45) is 0 Å². The number of nitrogens with zero attached hydrogens (tertiary/aromatic N) is 4. The van der Waals surface area contributed by atoms with Gasteiger partial charge in [-0.2, -0.15) is 0 Å². The number of nitrogens with one attached hydrogen (secondary N) is 1. The summed E-state index contributed by atoms with van der Waals surface area (Å²) in [6.45, 7) is 0.155. The summed E-state index contributed by atoms with van der Waals surface area (Å²) in [6, 6.07) is 30.9. The van der Waals surface area contributed by atoms with E-state index >= 15 is 0 Å². The summed E-state index contributed by atoms with van der Waals surface area (Å²) < 4.78 is 7.42. The van der Waals surface area contributed by atoms with Gasteiger partial charge in [-0.25, -0.2) is 15.0 Å². The van der Waals surface area contributed by atoms with E-state index in [0.717, 1.165) is 5.75 Å². The molecule has 10 heteroatoms. The molecule has 0 saturated carbocycles. The average molecular weight is 584 g/mol. The van der Waals surface area contributed by atoms with Crippen LogP contribution in [-0.2, 0) is 16.2 Å². The van der Waals surface area contributed by atoms with Gasteiger partial charge in [0.1, 0.15) is 24.1 Å². The fourth-order valence-electron chi connectivity index (χ4n) is 5.28. The van der Waals surface area contributed by atoms with E-state index in [4.69, 9.17) is 14.7 Å². The lowest BCUT2D eigenvalue weighted by Crippen LogP contribution is -2.33. The first-order valence-corrected chi connectivity index (χ1v) is 15.1. The second kappa shape index (κ2) is 13.0. The van der Waals surface area contributed by atoms with E-state index in [1.807, 2.05) is 54.6 Å². The molecule has 1 aliphatic heterocycles. The SMILES string of the molecule is OCC1O[C@@H](n2cnc3c(NCC(c4ccccc4)c4ccccc4)nc(CSCc4ccccc4)nc32)[C@H](O)[C@@H]1O. The van der Waals surface area contributed by atoms with Crippen LogP contribution in [0.25, 0.3) is 11.2 Å². The second-order valence-corrected chi connectivity index (χ2v) is 11.3. The Kier molecular flexibility index (Phi) is 8.78. The molecule has 0 amide bonds. The van der Waals surface area contributed by atoms with Crippen LogP contribution in [0.1, 0.15) is 34.7 Å². The second-order valence-electron chi connectivity index (χ2n) is 10.3. The zero-order valence-electron chi connectivity index (χ0n) is 22.9. The summed E-state index contributed by atoms with van der Waals surface area (Å²) in [5.74, 6) is 2.62. The molecule has 1 saturated heterocycles. The Bertz CT molecular complexity index is 1550. The van der Waals surface area contributed by atoms with Crippen LogP contribution in [0.2, 0.25) is 0 Å². The first-order chi connectivity index (χ1) is 20.6. The van der Waals surface area contributed by atoms with Crippen LogP contribution in [0.15, 0.2) is 97.3 Å². The number of aromatic nitrogens is 4. The first-order valence-electron chi connectivity index (χ1n) is 13.9. The third-order valence-corrected chi connectivity index (χ3v) is 8.48. The molecule has 0 radical (unpaired) electrons. The highest BCUT2D eigenvalue weighted by Gasteiger charge is 2.44. The molecule has 9 nitrogen and oxygen atoms in total. The number of thioether (sulfide) groups is 1. The Morgan fingerprint density at radius 2 is 1.48 bits per heavy atom. The maximum atomic E-state index is 10.7. The lowest BCUT2D eigenvalue weighted by molar-refractivity contribution is -0.0511. The quantitative estimate of drug-likeness (QED) is 0.182. The van der Waals surface area contributed by atoms with E-state index < -0.39 is 31.1 Å². The van der Waals surface area contributed by atoms with Crippen molar-refractivity contribution in [3.05, 3.63) is 120 Å². The molecule has 216 valence electrons. The van der Waals surface area contributed by atoms with Crippen LogP contribution < -0.4 is 5.32 Å². The van der Waals surface area contributed by atoms with Gasteiger partial charge in [-0.3, -0.25) is 4.57 Å². The van der Waals surface area contributed by atoms with Gasteiger partial charge in [-0.05, 0) is 16.7 Å². The number of hydrogen-bond donors (Lipinski definition) is 4. The first kappa shape index (κ1) is 28.3. The predicted molar refractivity (Wildman–Crippen MR) is 163 cm³/mol. The van der Waals surface area contributed by atoms with E-state index in [-0.39, 0.29) is 5.92 Å². The number of aliphatic hydroxyl groups excluding tert-OH is 3. The molecule has 0 aliphatic carbocycles. The zero-order valence-corrected chi connectivity index (χ0v) is 23.7. The summed E-state index contributed by atoms with van der Waals surface area (Å²) in [6.07, 6.45) is -2.79. The van der Waals surface area contributed by atoms with Crippen molar-refractivity contribution in [3.63, 3.8) is 0 Å². The molecule has 42 heavy (non-hydrogen) atoms. The van der Waals surface area contributed by atoms with Crippen molar-refractivity contribution in [1.82, 2.24) is 19.5 Å². The molecular weight excluding hydrogens is 550 g/mol. The fraction of sp³-hybridized carbons (Fsp3) is 0.281. The minimum absolute atomic E-state index is 0.0656. The van der Waals surface area contributed by atoms with Crippen molar-refractivity contribution in [2.45, 2.75) is 42.0 Å². The van der Waals surface area contributed by atoms with Crippen molar-refractivity contribution in [1.29, 1.82) is 0 Å². The van der Waals surface area contributed by atoms with Crippen molar-refractivity contribution in [3.8, 4) is 0 Å². The number of benzene rings is 3. The highest BCUT2D eigenvalue weighted by molar-refractivity contribution is 7.97. The van der Waals surface area contributed by atoms with Gasteiger partial charge in [-0.15, -0.1) is 11.8 Å². The maximum Gasteiger partial charge on any atom is 0.168 e. The van der Waals surface area contributed by atoms with Crippen LogP contribution in [0.3, 0.4) is 0 Å². The van der Waals surface area contributed by atoms with Gasteiger partial charge in [-0.1, -0.05) is 91.0 Å². The normalized spacial score (nSPS) is 20.4. The molecule has 5 aromatic rings. The molecule has 0 bridgehead atoms. The van der Waals surface area contributed by atoms with Gasteiger partial charge < -0.3 is 25.4 Å². The van der Waals surface area contributed by atoms with Gasteiger partial charge >= 0.3 is 0 Å². The Labute approximate surface area is 248 Å². The highest BCUT2D eigenvalue weighted by atomic mass is 32.2. The number of hydrogen-bond acceptors (Lipinski definition) is 9. The Hall–Kier alpha value is -3.80. The minimum Gasteiger partial charge on any atom is -0.394 e. The lowest BCUT2D eigenvalue weighted by Gasteiger charge is -2.20. The lowest BCUT2D eigenvalue weighted by atomic mass is 9.91. The summed E-state index contributed by atoms with van der Waals surface area (Å²) in [7, 11) is 0. The van der Waals surface area contributed by atoms with Crippen molar-refractivity contribution >= 4 is 28.7 Å². The van der Waals surface area contributed by atoms with Crippen molar-refractivity contribution in [2.75, 3.05) is 18.5 Å².